The molecule has 0 aliphatic carbocycles. The van der Waals surface area contributed by atoms with Crippen LogP contribution in [0.5, 0.6) is 11.5 Å². The summed E-state index contributed by atoms with van der Waals surface area (Å²) in [5.74, 6) is -0.0275. The zero-order chi connectivity index (χ0) is 43.1. The third-order valence-electron chi connectivity index (χ3n) is 12.0. The van der Waals surface area contributed by atoms with Crippen molar-refractivity contribution in [3.05, 3.63) is 177 Å². The predicted molar refractivity (Wildman–Crippen MR) is 246 cm³/mol. The van der Waals surface area contributed by atoms with E-state index >= 15 is 0 Å². The number of aromatic amines is 1. The highest BCUT2D eigenvalue weighted by Gasteiger charge is 2.42. The van der Waals surface area contributed by atoms with E-state index in [9.17, 15) is 29.7 Å². The molecular formula is C50H54N4O8S. The number of pyridine rings is 1. The fourth-order valence-electron chi connectivity index (χ4n) is 8.36. The van der Waals surface area contributed by atoms with Crippen LogP contribution in [0.25, 0.3) is 10.9 Å². The van der Waals surface area contributed by atoms with Crippen LogP contribution in [0.1, 0.15) is 57.1 Å². The van der Waals surface area contributed by atoms with Gasteiger partial charge in [0.25, 0.3) is 5.91 Å². The summed E-state index contributed by atoms with van der Waals surface area (Å²) in [4.78, 5) is 45.7. The van der Waals surface area contributed by atoms with Crippen molar-refractivity contribution in [2.75, 3.05) is 45.9 Å². The number of rotatable bonds is 16. The Labute approximate surface area is 373 Å². The number of esters is 1. The van der Waals surface area contributed by atoms with Crippen molar-refractivity contribution >= 4 is 36.3 Å². The number of nitrogens with one attached hydrogen (secondary N) is 2. The maximum atomic E-state index is 13.9. The molecule has 3 heterocycles. The Hall–Kier alpha value is -5.96. The Morgan fingerprint density at radius 2 is 1.49 bits per heavy atom. The highest BCUT2D eigenvalue weighted by molar-refractivity contribution is 7.59. The molecule has 5 N–H and O–H groups in total. The highest BCUT2D eigenvalue weighted by Crippen LogP contribution is 2.34. The van der Waals surface area contributed by atoms with Crippen LogP contribution in [-0.2, 0) is 28.2 Å². The van der Waals surface area contributed by atoms with Gasteiger partial charge in [0.15, 0.2) is 0 Å². The van der Waals surface area contributed by atoms with Gasteiger partial charge in [-0.1, -0.05) is 91.0 Å². The third kappa shape index (κ3) is 10.6. The molecule has 1 aromatic heterocycles. The Kier molecular flexibility index (Phi) is 14.7. The van der Waals surface area contributed by atoms with Gasteiger partial charge in [0.05, 0.1) is 24.8 Å². The van der Waals surface area contributed by atoms with E-state index in [4.69, 9.17) is 9.47 Å². The molecule has 6 aromatic rings. The molecule has 12 nitrogen and oxygen atoms in total. The van der Waals surface area contributed by atoms with E-state index in [0.717, 1.165) is 38.0 Å². The van der Waals surface area contributed by atoms with Crippen molar-refractivity contribution < 1.29 is 34.4 Å². The number of nitrogens with zero attached hydrogens (tertiary/aromatic N) is 2. The number of ether oxygens (including phenoxy) is 2. The molecule has 2 atom stereocenters. The summed E-state index contributed by atoms with van der Waals surface area (Å²) in [6.45, 7) is 5.09. The monoisotopic (exact) mass is 870 g/mol. The van der Waals surface area contributed by atoms with Gasteiger partial charge >= 0.3 is 5.97 Å². The maximum absolute atomic E-state index is 13.9. The minimum absolute atomic E-state index is 0. The number of phenols is 1. The first kappa shape index (κ1) is 45.1. The lowest BCUT2D eigenvalue weighted by Crippen LogP contribution is -2.52. The SMILES string of the molecule is O=C(c1ccc(CNC[C@H](O)c2ccc(O)c3[nH]c(=O)ccc23)cc1)N1CC(COc2cccc([C@](O)(C(=O)OCC3CCN(Cc4ccccc4)CC3)c3ccccc3)c2)C1.S. The average molecular weight is 871 g/mol. The van der Waals surface area contributed by atoms with Gasteiger partial charge in [-0.2, -0.15) is 13.5 Å². The number of likely N-dealkylation sites (tertiary alicyclic amines) is 2. The summed E-state index contributed by atoms with van der Waals surface area (Å²) >= 11 is 0. The number of aromatic hydroxyl groups is 1. The first-order valence-corrected chi connectivity index (χ1v) is 21.2. The lowest BCUT2D eigenvalue weighted by molar-refractivity contribution is -0.164. The summed E-state index contributed by atoms with van der Waals surface area (Å²) in [5.41, 5.74) is 2.06. The molecule has 2 fully saturated rings. The van der Waals surface area contributed by atoms with Gasteiger partial charge in [0, 0.05) is 61.2 Å². The number of carbonyl (C=O) groups is 2. The van der Waals surface area contributed by atoms with E-state index < -0.39 is 17.7 Å². The molecule has 0 bridgehead atoms. The number of phenolic OH excluding ortho intramolecular Hbond substituents is 1. The number of piperidine rings is 1. The first-order valence-electron chi connectivity index (χ1n) is 21.2. The summed E-state index contributed by atoms with van der Waals surface area (Å²) in [7, 11) is 0. The van der Waals surface area contributed by atoms with Gasteiger partial charge in [-0.05, 0) is 90.5 Å². The smallest absolute Gasteiger partial charge is 0.347 e. The minimum atomic E-state index is -2.03. The number of hydrogen-bond donors (Lipinski definition) is 5. The molecule has 5 aromatic carbocycles. The summed E-state index contributed by atoms with van der Waals surface area (Å²) in [6.07, 6.45) is 0.932. The van der Waals surface area contributed by atoms with E-state index in [2.05, 4.69) is 39.5 Å². The Morgan fingerprint density at radius 3 is 2.22 bits per heavy atom. The van der Waals surface area contributed by atoms with Gasteiger partial charge in [-0.25, -0.2) is 4.79 Å². The van der Waals surface area contributed by atoms with Gasteiger partial charge in [0.2, 0.25) is 11.2 Å². The molecule has 328 valence electrons. The number of aliphatic hydroxyl groups is 2. The standard InChI is InChI=1S/C50H52N4O8.H2S/c55-44-20-18-42(43-19-21-46(57)52-47(43)44)45(56)28-51-27-34-14-16-38(17-15-34)48(58)54-30-37(31-54)33-61-41-13-7-12-40(26-41)50(60,39-10-5-2-6-11-39)49(59)62-32-36-22-24-53(25-23-36)29-35-8-3-1-4-9-35;/h1-21,26,36-37,45,51,55-56,60H,22-25,27-33H2,(H,52,57);1H2/t45-,50-;/m0./s1. The van der Waals surface area contributed by atoms with Crippen molar-refractivity contribution in [1.82, 2.24) is 20.1 Å². The van der Waals surface area contributed by atoms with Crippen LogP contribution in [0.3, 0.4) is 0 Å². The van der Waals surface area contributed by atoms with Crippen LogP contribution < -0.4 is 15.6 Å². The average Bonchev–Trinajstić information content (AvgIpc) is 3.29. The minimum Gasteiger partial charge on any atom is -0.506 e. The second kappa shape index (κ2) is 20.5. The van der Waals surface area contributed by atoms with Crippen LogP contribution in [0, 0.1) is 11.8 Å². The number of benzene rings is 5. The van der Waals surface area contributed by atoms with E-state index in [1.165, 1.54) is 17.7 Å². The molecule has 2 aliphatic heterocycles. The van der Waals surface area contributed by atoms with Gasteiger partial charge in [-0.15, -0.1) is 0 Å². The lowest BCUT2D eigenvalue weighted by atomic mass is 9.86. The van der Waals surface area contributed by atoms with Gasteiger partial charge < -0.3 is 40.0 Å². The predicted octanol–water partition coefficient (Wildman–Crippen LogP) is 6.01. The Bertz CT molecular complexity index is 2530. The van der Waals surface area contributed by atoms with Crippen LogP contribution in [0.4, 0.5) is 0 Å². The van der Waals surface area contributed by atoms with Crippen molar-refractivity contribution in [1.29, 1.82) is 0 Å². The van der Waals surface area contributed by atoms with Crippen molar-refractivity contribution in [3.8, 4) is 11.5 Å². The molecule has 8 rings (SSSR count). The summed E-state index contributed by atoms with van der Waals surface area (Å²) in [5, 5.41) is 37.0. The third-order valence-corrected chi connectivity index (χ3v) is 12.0. The van der Waals surface area contributed by atoms with E-state index in [1.807, 2.05) is 24.3 Å². The molecule has 13 heteroatoms. The van der Waals surface area contributed by atoms with Crippen molar-refractivity contribution in [3.63, 3.8) is 0 Å². The van der Waals surface area contributed by atoms with Crippen LogP contribution in [0.15, 0.2) is 138 Å². The molecule has 0 saturated carbocycles. The molecule has 2 saturated heterocycles. The van der Waals surface area contributed by atoms with E-state index in [1.54, 1.807) is 77.7 Å². The number of hydrogen-bond acceptors (Lipinski definition) is 10. The topological polar surface area (TPSA) is 165 Å². The normalized spacial score (nSPS) is 16.1. The van der Waals surface area contributed by atoms with Crippen LogP contribution in [-0.4, -0.2) is 87.9 Å². The fourth-order valence-corrected chi connectivity index (χ4v) is 8.36. The number of aliphatic hydroxyl groups excluding tert-OH is 1. The van der Waals surface area contributed by atoms with Crippen molar-refractivity contribution in [2.24, 2.45) is 11.8 Å². The Morgan fingerprint density at radius 1 is 0.794 bits per heavy atom. The molecule has 0 spiro atoms. The number of aromatic nitrogens is 1. The highest BCUT2D eigenvalue weighted by atomic mass is 32.1. The van der Waals surface area contributed by atoms with Gasteiger partial charge in [0.1, 0.15) is 11.5 Å². The molecule has 0 radical (unpaired) electrons. The number of amides is 1. The molecular weight excluding hydrogens is 817 g/mol. The second-order valence-corrected chi connectivity index (χ2v) is 16.4. The first-order chi connectivity index (χ1) is 30.1. The molecule has 2 aliphatic rings. The van der Waals surface area contributed by atoms with Gasteiger partial charge in [-0.3, -0.25) is 14.5 Å². The zero-order valence-corrected chi connectivity index (χ0v) is 36.0. The molecule has 1 amide bonds. The number of carbonyl (C=O) groups excluding carboxylic acids is 2. The molecule has 0 unspecified atom stereocenters. The second-order valence-electron chi connectivity index (χ2n) is 16.4. The maximum Gasteiger partial charge on any atom is 0.347 e. The van der Waals surface area contributed by atoms with E-state index in [0.29, 0.717) is 59.6 Å². The Balaban J connectivity index is 0.00000595. The number of fused-ring (bicyclic) bond motifs is 1. The molecule has 63 heavy (non-hydrogen) atoms. The summed E-state index contributed by atoms with van der Waals surface area (Å²) in [6, 6.07) is 39.6. The summed E-state index contributed by atoms with van der Waals surface area (Å²) < 4.78 is 12.1. The van der Waals surface area contributed by atoms with E-state index in [-0.39, 0.29) is 61.2 Å². The zero-order valence-electron chi connectivity index (χ0n) is 35.0. The fraction of sp³-hybridized carbons (Fsp3) is 0.300. The quantitative estimate of drug-likeness (QED) is 0.0728. The van der Waals surface area contributed by atoms with Crippen LogP contribution >= 0.6 is 13.5 Å². The number of H-pyrrole nitrogens is 1. The lowest BCUT2D eigenvalue weighted by Gasteiger charge is -2.39. The van der Waals surface area contributed by atoms with Crippen molar-refractivity contribution in [2.45, 2.75) is 37.6 Å². The van der Waals surface area contributed by atoms with Crippen LogP contribution in [0.2, 0.25) is 0 Å². The largest absolute Gasteiger partial charge is 0.506 e.